The first-order chi connectivity index (χ1) is 15.4. The van der Waals surface area contributed by atoms with Crippen LogP contribution in [0.25, 0.3) is 28.1 Å². The average Bonchev–Trinajstić information content (AvgIpc) is 3.15. The number of halogens is 1. The summed E-state index contributed by atoms with van der Waals surface area (Å²) in [7, 11) is -3.52. The van der Waals surface area contributed by atoms with Crippen LogP contribution in [0.5, 0.6) is 0 Å². The van der Waals surface area contributed by atoms with E-state index in [1.807, 2.05) is 39.0 Å². The minimum atomic E-state index is -3.52. The van der Waals surface area contributed by atoms with Gasteiger partial charge in [-0.2, -0.15) is 0 Å². The molecule has 0 atom stereocenters. The summed E-state index contributed by atoms with van der Waals surface area (Å²) in [6, 6.07) is 9.19. The Morgan fingerprint density at radius 2 is 1.94 bits per heavy atom. The molecular weight excluding hydrogens is 447 g/mol. The van der Waals surface area contributed by atoms with Crippen molar-refractivity contribution in [3.8, 4) is 11.5 Å². The maximum atomic E-state index is 14.6. The van der Waals surface area contributed by atoms with Gasteiger partial charge in [-0.15, -0.1) is 0 Å². The van der Waals surface area contributed by atoms with Gasteiger partial charge in [-0.25, -0.2) is 22.6 Å². The Kier molecular flexibility index (Phi) is 5.78. The number of carbonyl (C=O) groups excluding carboxylic acids is 1. The standard InChI is InChI=1S/C24H25FN2O5S/c1-24(2,3)32-23(28)27-11-9-15(10-12-27)16-5-8-20-21(13-16)31-22(26-20)18-7-6-17(14-19(18)25)33(4,29)30/h5-9,13-14H,10-12H2,1-4H3. The van der Waals surface area contributed by atoms with Crippen molar-refractivity contribution in [3.05, 3.63) is 53.9 Å². The number of fused-ring (bicyclic) bond motifs is 1. The van der Waals surface area contributed by atoms with Crippen molar-refractivity contribution >= 4 is 32.6 Å². The fourth-order valence-electron chi connectivity index (χ4n) is 3.56. The van der Waals surface area contributed by atoms with Crippen molar-refractivity contribution in [2.24, 2.45) is 0 Å². The topological polar surface area (TPSA) is 89.7 Å². The lowest BCUT2D eigenvalue weighted by Crippen LogP contribution is -2.39. The molecule has 0 fully saturated rings. The summed E-state index contributed by atoms with van der Waals surface area (Å²) in [5, 5.41) is 0. The van der Waals surface area contributed by atoms with Gasteiger partial charge in [-0.3, -0.25) is 0 Å². The van der Waals surface area contributed by atoms with Crippen LogP contribution < -0.4 is 0 Å². The highest BCUT2D eigenvalue weighted by molar-refractivity contribution is 7.90. The molecule has 7 nitrogen and oxygen atoms in total. The number of benzene rings is 2. The smallest absolute Gasteiger partial charge is 0.410 e. The summed E-state index contributed by atoms with van der Waals surface area (Å²) in [5.74, 6) is -0.643. The number of hydrogen-bond donors (Lipinski definition) is 0. The van der Waals surface area contributed by atoms with Crippen molar-refractivity contribution in [3.63, 3.8) is 0 Å². The fourth-order valence-corrected chi connectivity index (χ4v) is 4.20. The van der Waals surface area contributed by atoms with E-state index in [4.69, 9.17) is 9.15 Å². The predicted octanol–water partition coefficient (Wildman–Crippen LogP) is 5.06. The minimum absolute atomic E-state index is 0.0772. The number of hydrogen-bond acceptors (Lipinski definition) is 6. The van der Waals surface area contributed by atoms with Gasteiger partial charge in [0.2, 0.25) is 5.89 Å². The van der Waals surface area contributed by atoms with Crippen molar-refractivity contribution < 1.29 is 26.8 Å². The molecule has 0 radical (unpaired) electrons. The van der Waals surface area contributed by atoms with Crippen LogP contribution in [0, 0.1) is 5.82 Å². The van der Waals surface area contributed by atoms with Crippen LogP contribution in [-0.2, 0) is 14.6 Å². The molecule has 2 aromatic carbocycles. The van der Waals surface area contributed by atoms with Gasteiger partial charge in [0.25, 0.3) is 0 Å². The number of ether oxygens (including phenoxy) is 1. The van der Waals surface area contributed by atoms with Crippen LogP contribution in [0.1, 0.15) is 32.8 Å². The third-order valence-electron chi connectivity index (χ3n) is 5.22. The second-order valence-corrected chi connectivity index (χ2v) is 11.0. The van der Waals surface area contributed by atoms with Gasteiger partial charge in [0, 0.05) is 19.3 Å². The Bertz CT molecular complexity index is 1370. The molecule has 0 N–H and O–H groups in total. The first-order valence-electron chi connectivity index (χ1n) is 10.5. The molecule has 0 bridgehead atoms. The van der Waals surface area contributed by atoms with Crippen LogP contribution in [0.3, 0.4) is 0 Å². The van der Waals surface area contributed by atoms with Crippen LogP contribution in [0.2, 0.25) is 0 Å². The van der Waals surface area contributed by atoms with E-state index in [-0.39, 0.29) is 22.4 Å². The second kappa shape index (κ2) is 8.30. The van der Waals surface area contributed by atoms with E-state index < -0.39 is 21.3 Å². The highest BCUT2D eigenvalue weighted by Crippen LogP contribution is 2.31. The second-order valence-electron chi connectivity index (χ2n) is 9.02. The largest absolute Gasteiger partial charge is 0.444 e. The number of amides is 1. The van der Waals surface area contributed by atoms with Crippen molar-refractivity contribution in [1.29, 1.82) is 0 Å². The molecule has 1 aromatic heterocycles. The number of aromatic nitrogens is 1. The summed E-state index contributed by atoms with van der Waals surface area (Å²) in [6.45, 7) is 6.49. The molecule has 0 unspecified atom stereocenters. The predicted molar refractivity (Wildman–Crippen MR) is 123 cm³/mol. The van der Waals surface area contributed by atoms with E-state index in [0.29, 0.717) is 30.6 Å². The Balaban J connectivity index is 1.56. The SMILES string of the molecule is CC(C)(C)OC(=O)N1CC=C(c2ccc3nc(-c4ccc(S(C)(=O)=O)cc4F)oc3c2)CC1. The van der Waals surface area contributed by atoms with Crippen LogP contribution >= 0.6 is 0 Å². The maximum absolute atomic E-state index is 14.6. The van der Waals surface area contributed by atoms with Gasteiger partial charge in [0.15, 0.2) is 15.4 Å². The summed E-state index contributed by atoms with van der Waals surface area (Å²) >= 11 is 0. The monoisotopic (exact) mass is 472 g/mol. The van der Waals surface area contributed by atoms with E-state index in [9.17, 15) is 17.6 Å². The van der Waals surface area contributed by atoms with Crippen LogP contribution in [-0.4, -0.2) is 49.3 Å². The van der Waals surface area contributed by atoms with E-state index in [2.05, 4.69) is 4.98 Å². The van der Waals surface area contributed by atoms with Gasteiger partial charge in [-0.05, 0) is 68.7 Å². The van der Waals surface area contributed by atoms with Gasteiger partial charge < -0.3 is 14.1 Å². The molecule has 0 aliphatic carbocycles. The zero-order valence-electron chi connectivity index (χ0n) is 18.9. The molecule has 0 saturated carbocycles. The molecule has 4 rings (SSSR count). The van der Waals surface area contributed by atoms with E-state index in [1.54, 1.807) is 11.0 Å². The molecule has 3 aromatic rings. The van der Waals surface area contributed by atoms with Gasteiger partial charge >= 0.3 is 6.09 Å². The van der Waals surface area contributed by atoms with Crippen LogP contribution in [0.15, 0.2) is 51.8 Å². The van der Waals surface area contributed by atoms with E-state index in [1.165, 1.54) is 12.1 Å². The molecule has 1 amide bonds. The van der Waals surface area contributed by atoms with Crippen molar-refractivity contribution in [1.82, 2.24) is 9.88 Å². The molecule has 0 spiro atoms. The third-order valence-corrected chi connectivity index (χ3v) is 6.33. The Labute approximate surface area is 191 Å². The maximum Gasteiger partial charge on any atom is 0.410 e. The molecule has 2 heterocycles. The molecular formula is C24H25FN2O5S. The molecule has 33 heavy (non-hydrogen) atoms. The Hall–Kier alpha value is -3.20. The lowest BCUT2D eigenvalue weighted by molar-refractivity contribution is 0.0270. The van der Waals surface area contributed by atoms with Gasteiger partial charge in [0.05, 0.1) is 10.5 Å². The fraction of sp³-hybridized carbons (Fsp3) is 0.333. The highest BCUT2D eigenvalue weighted by atomic mass is 32.2. The lowest BCUT2D eigenvalue weighted by Gasteiger charge is -2.29. The first kappa shape index (κ1) is 23.0. The Morgan fingerprint density at radius 3 is 2.55 bits per heavy atom. The average molecular weight is 473 g/mol. The summed E-state index contributed by atoms with van der Waals surface area (Å²) in [6.07, 6.45) is 3.33. The summed E-state index contributed by atoms with van der Waals surface area (Å²) < 4.78 is 49.1. The van der Waals surface area contributed by atoms with Gasteiger partial charge in [-0.1, -0.05) is 12.1 Å². The van der Waals surface area contributed by atoms with Gasteiger partial charge in [0.1, 0.15) is 16.9 Å². The Morgan fingerprint density at radius 1 is 1.18 bits per heavy atom. The number of carbonyl (C=O) groups is 1. The number of rotatable bonds is 3. The number of oxazole rings is 1. The molecule has 1 aliphatic heterocycles. The number of nitrogens with zero attached hydrogens (tertiary/aromatic N) is 2. The molecule has 0 saturated heterocycles. The number of sulfone groups is 1. The van der Waals surface area contributed by atoms with E-state index >= 15 is 0 Å². The molecule has 174 valence electrons. The summed E-state index contributed by atoms with van der Waals surface area (Å²) in [5.41, 5.74) is 2.60. The quantitative estimate of drug-likeness (QED) is 0.529. The molecule has 1 aliphatic rings. The van der Waals surface area contributed by atoms with E-state index in [0.717, 1.165) is 23.5 Å². The zero-order chi connectivity index (χ0) is 24.0. The van der Waals surface area contributed by atoms with Crippen molar-refractivity contribution in [2.45, 2.75) is 37.7 Å². The molecule has 9 heteroatoms. The highest BCUT2D eigenvalue weighted by Gasteiger charge is 2.24. The summed E-state index contributed by atoms with van der Waals surface area (Å²) in [4.78, 5) is 18.2. The van der Waals surface area contributed by atoms with Crippen LogP contribution in [0.4, 0.5) is 9.18 Å². The third kappa shape index (κ3) is 5.08. The first-order valence-corrected chi connectivity index (χ1v) is 12.4. The minimum Gasteiger partial charge on any atom is -0.444 e. The zero-order valence-corrected chi connectivity index (χ0v) is 19.7. The normalized spacial score (nSPS) is 14.9. The lowest BCUT2D eigenvalue weighted by atomic mass is 9.99. The van der Waals surface area contributed by atoms with Crippen molar-refractivity contribution in [2.75, 3.05) is 19.3 Å².